The van der Waals surface area contributed by atoms with Gasteiger partial charge in [0.1, 0.15) is 22.5 Å². The van der Waals surface area contributed by atoms with E-state index in [9.17, 15) is 13.8 Å². The van der Waals surface area contributed by atoms with Crippen molar-refractivity contribution in [3.63, 3.8) is 0 Å². The van der Waals surface area contributed by atoms with Crippen molar-refractivity contribution in [3.05, 3.63) is 132 Å². The van der Waals surface area contributed by atoms with Gasteiger partial charge < -0.3 is 13.8 Å². The van der Waals surface area contributed by atoms with Crippen LogP contribution in [0.2, 0.25) is 0 Å². The van der Waals surface area contributed by atoms with Gasteiger partial charge >= 0.3 is 17.2 Å². The number of ether oxygens (including phenoxy) is 1. The van der Waals surface area contributed by atoms with Crippen LogP contribution in [0.3, 0.4) is 0 Å². The van der Waals surface area contributed by atoms with E-state index in [1.54, 1.807) is 42.3 Å². The van der Waals surface area contributed by atoms with Gasteiger partial charge in [-0.15, -0.1) is 0 Å². The number of anilines is 2. The number of nitrogens with one attached hydrogen (secondary N) is 3. The van der Waals surface area contributed by atoms with Crippen molar-refractivity contribution in [3.8, 4) is 22.9 Å². The summed E-state index contributed by atoms with van der Waals surface area (Å²) in [5, 5.41) is 14.6. The Morgan fingerprint density at radius 3 is 2.45 bits per heavy atom. The lowest BCUT2D eigenvalue weighted by Gasteiger charge is -2.15. The third-order valence-corrected chi connectivity index (χ3v) is 9.17. The number of benzene rings is 5. The van der Waals surface area contributed by atoms with Crippen LogP contribution in [0.15, 0.2) is 115 Å². The zero-order valence-corrected chi connectivity index (χ0v) is 30.0. The molecule has 0 bridgehead atoms. The number of aromatic nitrogens is 6. The van der Waals surface area contributed by atoms with Gasteiger partial charge in [-0.3, -0.25) is 14.6 Å². The SMILES string of the molecule is CC(=O)N(C)c1cccc2c1cc1nc(-c3cccc(NS(=O)Oc4cc(C)ccc4C)c3)[nH]n12.O=C(Oc1ccccc1)c1ccc2n[nH]nc2c1. The summed E-state index contributed by atoms with van der Waals surface area (Å²) in [5.74, 6) is 1.31. The van der Waals surface area contributed by atoms with Crippen molar-refractivity contribution in [2.45, 2.75) is 20.8 Å². The molecule has 8 rings (SSSR count). The molecule has 14 heteroatoms. The molecule has 3 N–H and O–H groups in total. The van der Waals surface area contributed by atoms with Crippen LogP contribution < -0.4 is 18.5 Å². The molecule has 3 aromatic heterocycles. The van der Waals surface area contributed by atoms with E-state index < -0.39 is 17.2 Å². The maximum absolute atomic E-state index is 12.6. The molecule has 13 nitrogen and oxygen atoms in total. The molecule has 5 aromatic carbocycles. The Labute approximate surface area is 306 Å². The lowest BCUT2D eigenvalue weighted by molar-refractivity contribution is -0.116. The molecule has 0 aliphatic carbocycles. The number of esters is 1. The largest absolute Gasteiger partial charge is 0.423 e. The molecule has 0 spiro atoms. The number of hydrogen-bond acceptors (Lipinski definition) is 8. The summed E-state index contributed by atoms with van der Waals surface area (Å²) in [6.45, 7) is 5.41. The predicted octanol–water partition coefficient (Wildman–Crippen LogP) is 7.33. The number of H-pyrrole nitrogens is 2. The van der Waals surface area contributed by atoms with E-state index in [-0.39, 0.29) is 5.91 Å². The van der Waals surface area contributed by atoms with Crippen molar-refractivity contribution in [2.24, 2.45) is 0 Å². The van der Waals surface area contributed by atoms with Crippen molar-refractivity contribution in [2.75, 3.05) is 16.7 Å². The highest BCUT2D eigenvalue weighted by Crippen LogP contribution is 2.31. The van der Waals surface area contributed by atoms with E-state index >= 15 is 0 Å². The van der Waals surface area contributed by atoms with E-state index in [1.165, 1.54) is 6.92 Å². The highest BCUT2D eigenvalue weighted by molar-refractivity contribution is 7.82. The van der Waals surface area contributed by atoms with Gasteiger partial charge in [-0.2, -0.15) is 19.6 Å². The molecule has 0 aliphatic heterocycles. The summed E-state index contributed by atoms with van der Waals surface area (Å²) in [5.41, 5.74) is 7.69. The van der Waals surface area contributed by atoms with E-state index in [0.717, 1.165) is 38.9 Å². The molecule has 53 heavy (non-hydrogen) atoms. The van der Waals surface area contributed by atoms with E-state index in [2.05, 4.69) is 25.2 Å². The molecule has 0 saturated heterocycles. The van der Waals surface area contributed by atoms with Gasteiger partial charge in [-0.1, -0.05) is 48.5 Å². The minimum absolute atomic E-state index is 0.0377. The number of fused-ring (bicyclic) bond motifs is 4. The van der Waals surface area contributed by atoms with Gasteiger partial charge in [0.05, 0.1) is 22.5 Å². The number of carbonyl (C=O) groups excluding carboxylic acids is 2. The highest BCUT2D eigenvalue weighted by atomic mass is 32.2. The monoisotopic (exact) mass is 726 g/mol. The standard InChI is InChI=1S/C26H25N5O3S.C13H9N3O2/c1-16-11-12-17(2)24(13-16)34-35(33)29-20-8-5-7-19(14-20)26-27-25-15-21-22(30(4)18(3)32)9-6-10-23(21)31(25)28-26;17-13(18-10-4-2-1-3-5-10)9-6-7-11-12(8-9)15-16-14-11/h5-15,29H,1-4H3,(H,27,28);1-8H,(H,14,15,16). The smallest absolute Gasteiger partial charge is 0.343 e. The van der Waals surface area contributed by atoms with Gasteiger partial charge in [0.15, 0.2) is 11.5 Å². The first kappa shape index (κ1) is 34.6. The first-order valence-corrected chi connectivity index (χ1v) is 17.6. The van der Waals surface area contributed by atoms with E-state index in [1.807, 2.05) is 103 Å². The normalized spacial score (nSPS) is 11.5. The van der Waals surface area contributed by atoms with Gasteiger partial charge in [0.2, 0.25) is 5.91 Å². The van der Waals surface area contributed by atoms with Crippen molar-refractivity contribution in [1.29, 1.82) is 0 Å². The number of hydrogen-bond donors (Lipinski definition) is 3. The van der Waals surface area contributed by atoms with Gasteiger partial charge in [-0.05, 0) is 91.7 Å². The molecular weight excluding hydrogens is 693 g/mol. The predicted molar refractivity (Wildman–Crippen MR) is 205 cm³/mol. The number of carbonyl (C=O) groups is 2. The third-order valence-electron chi connectivity index (χ3n) is 8.43. The Hall–Kier alpha value is -6.80. The molecule has 8 aromatic rings. The minimum atomic E-state index is -1.76. The molecule has 0 radical (unpaired) electrons. The zero-order chi connectivity index (χ0) is 37.1. The third kappa shape index (κ3) is 7.62. The van der Waals surface area contributed by atoms with Crippen molar-refractivity contribution < 1.29 is 22.7 Å². The second-order valence-corrected chi connectivity index (χ2v) is 13.0. The summed E-state index contributed by atoms with van der Waals surface area (Å²) >= 11 is -1.76. The van der Waals surface area contributed by atoms with Crippen LogP contribution in [0.4, 0.5) is 11.4 Å². The molecule has 266 valence electrons. The van der Waals surface area contributed by atoms with Gasteiger partial charge in [-0.25, -0.2) is 14.3 Å². The number of amides is 1. The Bertz CT molecular complexity index is 2630. The lowest BCUT2D eigenvalue weighted by atomic mass is 10.1. The van der Waals surface area contributed by atoms with E-state index in [4.69, 9.17) is 13.9 Å². The Morgan fingerprint density at radius 1 is 0.849 bits per heavy atom. The molecule has 1 atom stereocenters. The Kier molecular flexibility index (Phi) is 9.68. The van der Waals surface area contributed by atoms with Crippen LogP contribution in [0, 0.1) is 13.8 Å². The maximum Gasteiger partial charge on any atom is 0.343 e. The Morgan fingerprint density at radius 2 is 1.64 bits per heavy atom. The second kappa shape index (κ2) is 14.8. The average Bonchev–Trinajstić information content (AvgIpc) is 3.89. The van der Waals surface area contributed by atoms with Crippen LogP contribution in [0.25, 0.3) is 39.0 Å². The fourth-order valence-electron chi connectivity index (χ4n) is 5.58. The molecule has 0 saturated carbocycles. The molecule has 3 heterocycles. The summed E-state index contributed by atoms with van der Waals surface area (Å²) in [7, 11) is 1.76. The summed E-state index contributed by atoms with van der Waals surface area (Å²) < 4.78 is 28.2. The number of aryl methyl sites for hydroxylation is 2. The maximum atomic E-state index is 12.6. The van der Waals surface area contributed by atoms with Crippen LogP contribution >= 0.6 is 0 Å². The van der Waals surface area contributed by atoms with Crippen molar-refractivity contribution >= 4 is 62.1 Å². The fraction of sp³-hybridized carbons (Fsp3) is 0.103. The topological polar surface area (TPSA) is 160 Å². The summed E-state index contributed by atoms with van der Waals surface area (Å²) in [6, 6.07) is 35.0. The quantitative estimate of drug-likeness (QED) is 0.108. The van der Waals surface area contributed by atoms with Crippen LogP contribution in [-0.4, -0.2) is 53.1 Å². The highest BCUT2D eigenvalue weighted by Gasteiger charge is 2.16. The first-order chi connectivity index (χ1) is 25.6. The number of para-hydroxylation sites is 1. The number of aromatic amines is 2. The molecule has 0 fully saturated rings. The van der Waals surface area contributed by atoms with Crippen LogP contribution in [0.5, 0.6) is 11.5 Å². The molecule has 1 unspecified atom stereocenters. The minimum Gasteiger partial charge on any atom is -0.423 e. The fourth-order valence-corrected chi connectivity index (χ4v) is 6.29. The number of nitrogens with zero attached hydrogens (tertiary/aromatic N) is 5. The lowest BCUT2D eigenvalue weighted by Crippen LogP contribution is -2.22. The van der Waals surface area contributed by atoms with Crippen LogP contribution in [-0.2, 0) is 16.1 Å². The molecular formula is C39H34N8O5S. The van der Waals surface area contributed by atoms with Gasteiger partial charge in [0, 0.05) is 24.9 Å². The van der Waals surface area contributed by atoms with E-state index in [0.29, 0.717) is 39.6 Å². The number of rotatable bonds is 8. The van der Waals surface area contributed by atoms with Gasteiger partial charge in [0.25, 0.3) is 0 Å². The van der Waals surface area contributed by atoms with Crippen LogP contribution in [0.1, 0.15) is 28.4 Å². The first-order valence-electron chi connectivity index (χ1n) is 16.5. The Balaban J connectivity index is 0.000000202. The molecule has 0 aliphatic rings. The van der Waals surface area contributed by atoms with Crippen molar-refractivity contribution in [1.82, 2.24) is 30.0 Å². The second-order valence-electron chi connectivity index (χ2n) is 12.2. The summed E-state index contributed by atoms with van der Waals surface area (Å²) in [4.78, 5) is 30.1. The summed E-state index contributed by atoms with van der Waals surface area (Å²) in [6.07, 6.45) is 0. The average molecular weight is 727 g/mol. The molecule has 1 amide bonds. The zero-order valence-electron chi connectivity index (χ0n) is 29.2.